The smallest absolute Gasteiger partial charge is 0.356 e. The summed E-state index contributed by atoms with van der Waals surface area (Å²) in [6, 6.07) is 6.66. The van der Waals surface area contributed by atoms with Crippen LogP contribution in [0, 0.1) is 0 Å². The number of carbonyl (C=O) groups is 1. The van der Waals surface area contributed by atoms with Crippen molar-refractivity contribution >= 4 is 40.8 Å². The molecule has 0 bridgehead atoms. The Balaban J connectivity index is 2.43. The third-order valence-corrected chi connectivity index (χ3v) is 3.80. The molecule has 1 aromatic heterocycles. The third-order valence-electron chi connectivity index (χ3n) is 2.50. The minimum atomic E-state index is -0.494. The average Bonchev–Trinajstić information content (AvgIpc) is 2.44. The molecule has 2 aromatic rings. The lowest BCUT2D eigenvalue weighted by atomic mass is 10.1. The highest BCUT2D eigenvalue weighted by Crippen LogP contribution is 2.37. The lowest BCUT2D eigenvalue weighted by molar-refractivity contribution is 0.0594. The van der Waals surface area contributed by atoms with Crippen LogP contribution in [-0.2, 0) is 4.74 Å². The predicted molar refractivity (Wildman–Crippen MR) is 76.0 cm³/mol. The van der Waals surface area contributed by atoms with E-state index in [0.29, 0.717) is 15.6 Å². The van der Waals surface area contributed by atoms with Crippen LogP contribution in [0.5, 0.6) is 0 Å². The molecule has 0 radical (unpaired) electrons. The van der Waals surface area contributed by atoms with E-state index in [-0.39, 0.29) is 10.7 Å². The van der Waals surface area contributed by atoms with Gasteiger partial charge >= 0.3 is 5.97 Å². The number of aromatic nitrogens is 1. The van der Waals surface area contributed by atoms with E-state index in [9.17, 15) is 4.79 Å². The number of methoxy groups -OCH3 is 1. The molecule has 0 atom stereocenters. The molecular formula is C13H8Cl3NO2. The largest absolute Gasteiger partial charge is 0.464 e. The van der Waals surface area contributed by atoms with E-state index in [1.807, 2.05) is 0 Å². The molecule has 6 heteroatoms. The number of halogens is 3. The highest BCUT2D eigenvalue weighted by molar-refractivity contribution is 6.49. The molecule has 1 heterocycles. The highest BCUT2D eigenvalue weighted by Gasteiger charge is 2.12. The summed E-state index contributed by atoms with van der Waals surface area (Å²) in [5.74, 6) is -0.494. The second-order valence-corrected chi connectivity index (χ2v) is 4.81. The van der Waals surface area contributed by atoms with Gasteiger partial charge in [-0.1, -0.05) is 46.9 Å². The van der Waals surface area contributed by atoms with Crippen LogP contribution in [0.25, 0.3) is 11.1 Å². The van der Waals surface area contributed by atoms with Crippen molar-refractivity contribution in [1.29, 1.82) is 0 Å². The number of hydrogen-bond acceptors (Lipinski definition) is 3. The first-order chi connectivity index (χ1) is 9.04. The van der Waals surface area contributed by atoms with Crippen molar-refractivity contribution in [1.82, 2.24) is 4.98 Å². The second kappa shape index (κ2) is 5.78. The lowest BCUT2D eigenvalue weighted by Crippen LogP contribution is -2.03. The Labute approximate surface area is 125 Å². The Bertz CT molecular complexity index is 627. The van der Waals surface area contributed by atoms with Crippen LogP contribution in [0.3, 0.4) is 0 Å². The zero-order chi connectivity index (χ0) is 14.0. The average molecular weight is 317 g/mol. The predicted octanol–water partition coefficient (Wildman–Crippen LogP) is 4.50. The fourth-order valence-electron chi connectivity index (χ4n) is 1.53. The van der Waals surface area contributed by atoms with Crippen LogP contribution in [0.2, 0.25) is 15.1 Å². The molecule has 0 amide bonds. The van der Waals surface area contributed by atoms with E-state index in [2.05, 4.69) is 9.72 Å². The summed E-state index contributed by atoms with van der Waals surface area (Å²) in [4.78, 5) is 15.3. The summed E-state index contributed by atoms with van der Waals surface area (Å²) in [6.45, 7) is 0. The maximum Gasteiger partial charge on any atom is 0.356 e. The van der Waals surface area contributed by atoms with E-state index >= 15 is 0 Å². The number of pyridine rings is 1. The van der Waals surface area contributed by atoms with Gasteiger partial charge in [0.25, 0.3) is 0 Å². The number of carbonyl (C=O) groups excluding carboxylic acids is 1. The molecule has 0 saturated heterocycles. The third kappa shape index (κ3) is 2.84. The molecule has 0 fully saturated rings. The molecule has 0 aliphatic rings. The fourth-order valence-corrected chi connectivity index (χ4v) is 2.17. The van der Waals surface area contributed by atoms with Gasteiger partial charge in [0, 0.05) is 17.3 Å². The van der Waals surface area contributed by atoms with Gasteiger partial charge in [0.2, 0.25) is 0 Å². The van der Waals surface area contributed by atoms with Gasteiger partial charge in [-0.15, -0.1) is 0 Å². The quantitative estimate of drug-likeness (QED) is 0.605. The van der Waals surface area contributed by atoms with E-state index < -0.39 is 5.97 Å². The molecule has 0 spiro atoms. The minimum Gasteiger partial charge on any atom is -0.464 e. The summed E-state index contributed by atoms with van der Waals surface area (Å²) in [5.41, 5.74) is 1.65. The molecule has 0 saturated carbocycles. The summed E-state index contributed by atoms with van der Waals surface area (Å²) >= 11 is 18.0. The molecule has 0 unspecified atom stereocenters. The molecular weight excluding hydrogens is 309 g/mol. The van der Waals surface area contributed by atoms with Crippen molar-refractivity contribution < 1.29 is 9.53 Å². The first-order valence-electron chi connectivity index (χ1n) is 5.23. The van der Waals surface area contributed by atoms with Gasteiger partial charge < -0.3 is 4.74 Å². The topological polar surface area (TPSA) is 39.2 Å². The van der Waals surface area contributed by atoms with Gasteiger partial charge in [-0.2, -0.15) is 0 Å². The molecule has 0 aliphatic carbocycles. The molecule has 1 aromatic carbocycles. The van der Waals surface area contributed by atoms with Crippen molar-refractivity contribution in [2.75, 3.05) is 7.11 Å². The summed E-state index contributed by atoms with van der Waals surface area (Å²) in [5, 5.41) is 1.02. The lowest BCUT2D eigenvalue weighted by Gasteiger charge is -2.07. The minimum absolute atomic E-state index is 0.224. The van der Waals surface area contributed by atoms with Crippen molar-refractivity contribution in [3.8, 4) is 11.1 Å². The monoisotopic (exact) mass is 315 g/mol. The highest BCUT2D eigenvalue weighted by atomic mass is 35.5. The maximum absolute atomic E-state index is 11.3. The van der Waals surface area contributed by atoms with E-state index in [4.69, 9.17) is 34.8 Å². The van der Waals surface area contributed by atoms with Gasteiger partial charge in [0.05, 0.1) is 22.2 Å². The van der Waals surface area contributed by atoms with Crippen molar-refractivity contribution in [2.45, 2.75) is 0 Å². The fraction of sp³-hybridized carbons (Fsp3) is 0.0769. The number of hydrogen-bond donors (Lipinski definition) is 0. The van der Waals surface area contributed by atoms with Crippen LogP contribution >= 0.6 is 34.8 Å². The van der Waals surface area contributed by atoms with Gasteiger partial charge in [0.1, 0.15) is 5.69 Å². The molecule has 0 aliphatic heterocycles. The van der Waals surface area contributed by atoms with Gasteiger partial charge in [-0.3, -0.25) is 0 Å². The van der Waals surface area contributed by atoms with Gasteiger partial charge in [-0.05, 0) is 12.1 Å². The SMILES string of the molecule is COC(=O)c1ccc(-c2ccc(Cl)c(Cl)c2Cl)cn1. The van der Waals surface area contributed by atoms with Crippen molar-refractivity contribution in [3.05, 3.63) is 51.2 Å². The molecule has 2 rings (SSSR count). The number of ether oxygens (including phenoxy) is 1. The number of benzene rings is 1. The second-order valence-electron chi connectivity index (χ2n) is 3.65. The Morgan fingerprint density at radius 2 is 1.84 bits per heavy atom. The molecule has 0 N–H and O–H groups in total. The van der Waals surface area contributed by atoms with Crippen LogP contribution in [0.4, 0.5) is 0 Å². The molecule has 3 nitrogen and oxygen atoms in total. The van der Waals surface area contributed by atoms with E-state index in [1.165, 1.54) is 13.3 Å². The normalized spacial score (nSPS) is 10.3. The van der Waals surface area contributed by atoms with E-state index in [0.717, 1.165) is 5.56 Å². The van der Waals surface area contributed by atoms with Crippen molar-refractivity contribution in [2.24, 2.45) is 0 Å². The van der Waals surface area contributed by atoms with Crippen LogP contribution in [0.1, 0.15) is 10.5 Å². The summed E-state index contributed by atoms with van der Waals surface area (Å²) in [7, 11) is 1.30. The number of esters is 1. The standard InChI is InChI=1S/C13H8Cl3NO2/c1-19-13(18)10-5-2-7(6-17-10)8-3-4-9(14)12(16)11(8)15/h2-6H,1H3. The van der Waals surface area contributed by atoms with Gasteiger partial charge in [0.15, 0.2) is 0 Å². The first-order valence-corrected chi connectivity index (χ1v) is 6.36. The molecule has 19 heavy (non-hydrogen) atoms. The number of rotatable bonds is 2. The van der Waals surface area contributed by atoms with Crippen molar-refractivity contribution in [3.63, 3.8) is 0 Å². The van der Waals surface area contributed by atoms with Crippen LogP contribution in [0.15, 0.2) is 30.5 Å². The van der Waals surface area contributed by atoms with Crippen LogP contribution in [-0.4, -0.2) is 18.1 Å². The van der Waals surface area contributed by atoms with E-state index in [1.54, 1.807) is 24.3 Å². The first kappa shape index (κ1) is 14.1. The zero-order valence-electron chi connectivity index (χ0n) is 9.78. The maximum atomic E-state index is 11.3. The van der Waals surface area contributed by atoms with Gasteiger partial charge in [-0.25, -0.2) is 9.78 Å². The zero-order valence-corrected chi connectivity index (χ0v) is 12.1. The Hall–Kier alpha value is -1.29. The molecule has 98 valence electrons. The number of nitrogens with zero attached hydrogens (tertiary/aromatic N) is 1. The Kier molecular flexibility index (Phi) is 4.30. The Morgan fingerprint density at radius 3 is 2.42 bits per heavy atom. The Morgan fingerprint density at radius 1 is 1.11 bits per heavy atom. The van der Waals surface area contributed by atoms with Crippen LogP contribution < -0.4 is 0 Å². The summed E-state index contributed by atoms with van der Waals surface area (Å²) < 4.78 is 4.57. The summed E-state index contributed by atoms with van der Waals surface area (Å²) in [6.07, 6.45) is 1.53.